The molecule has 7 heteroatoms. The zero-order chi connectivity index (χ0) is 11.6. The smallest absolute Gasteiger partial charge is 0.405 e. The molecule has 0 aliphatic heterocycles. The van der Waals surface area contributed by atoms with E-state index in [4.69, 9.17) is 22.4 Å². The zero-order valence-corrected chi connectivity index (χ0v) is 8.06. The van der Waals surface area contributed by atoms with E-state index >= 15 is 0 Å². The van der Waals surface area contributed by atoms with Gasteiger partial charge in [0.2, 0.25) is 0 Å². The number of benzene rings is 1. The Labute approximate surface area is 88.2 Å². The number of halogens is 4. The van der Waals surface area contributed by atoms with E-state index in [2.05, 4.69) is 4.74 Å². The number of aliphatic hydroxyl groups is 1. The first-order valence-corrected chi connectivity index (χ1v) is 4.16. The lowest BCUT2D eigenvalue weighted by molar-refractivity contribution is -0.275. The number of hydrogen-bond acceptors (Lipinski definition) is 3. The van der Waals surface area contributed by atoms with Gasteiger partial charge >= 0.3 is 6.36 Å². The number of aliphatic hydroxyl groups excluding tert-OH is 1. The molecule has 0 radical (unpaired) electrons. The molecule has 3 N–H and O–H groups in total. The molecule has 0 bridgehead atoms. The van der Waals surface area contributed by atoms with Crippen molar-refractivity contribution in [2.75, 3.05) is 5.73 Å². The SMILES string of the molecule is Nc1ccc(OC(F)(F)F)c(CO)c1Cl. The minimum absolute atomic E-state index is 0.0789. The molecule has 0 unspecified atom stereocenters. The maximum absolute atomic E-state index is 11.9. The molecule has 0 saturated carbocycles. The lowest BCUT2D eigenvalue weighted by Gasteiger charge is -2.13. The summed E-state index contributed by atoms with van der Waals surface area (Å²) in [6.07, 6.45) is -4.83. The van der Waals surface area contributed by atoms with Crippen molar-refractivity contribution in [3.63, 3.8) is 0 Å². The number of nitrogens with two attached hydrogens (primary N) is 1. The predicted molar refractivity (Wildman–Crippen MR) is 48.5 cm³/mol. The van der Waals surface area contributed by atoms with Gasteiger partial charge < -0.3 is 15.6 Å². The minimum Gasteiger partial charge on any atom is -0.405 e. The van der Waals surface area contributed by atoms with Crippen LogP contribution in [-0.4, -0.2) is 11.5 Å². The van der Waals surface area contributed by atoms with Crippen LogP contribution < -0.4 is 10.5 Å². The molecule has 1 aromatic rings. The first kappa shape index (κ1) is 11.9. The number of ether oxygens (including phenoxy) is 1. The van der Waals surface area contributed by atoms with E-state index in [1.54, 1.807) is 0 Å². The quantitative estimate of drug-likeness (QED) is 0.782. The lowest BCUT2D eigenvalue weighted by Crippen LogP contribution is -2.18. The average Bonchev–Trinajstić information content (AvgIpc) is 2.10. The predicted octanol–water partition coefficient (Wildman–Crippen LogP) is 2.31. The van der Waals surface area contributed by atoms with Gasteiger partial charge in [0.25, 0.3) is 0 Å². The van der Waals surface area contributed by atoms with Crippen molar-refractivity contribution in [1.29, 1.82) is 0 Å². The van der Waals surface area contributed by atoms with Crippen molar-refractivity contribution < 1.29 is 23.0 Å². The van der Waals surface area contributed by atoms with Crippen molar-refractivity contribution in [2.45, 2.75) is 13.0 Å². The summed E-state index contributed by atoms with van der Waals surface area (Å²) in [4.78, 5) is 0. The summed E-state index contributed by atoms with van der Waals surface area (Å²) >= 11 is 5.60. The molecule has 0 aliphatic carbocycles. The molecular weight excluding hydrogens is 235 g/mol. The molecule has 0 saturated heterocycles. The second kappa shape index (κ2) is 4.16. The first-order valence-electron chi connectivity index (χ1n) is 3.78. The van der Waals surface area contributed by atoms with Crippen LogP contribution in [0.25, 0.3) is 0 Å². The molecule has 84 valence electrons. The number of hydrogen-bond donors (Lipinski definition) is 2. The summed E-state index contributed by atoms with van der Waals surface area (Å²) in [7, 11) is 0. The van der Waals surface area contributed by atoms with Gasteiger partial charge in [0.05, 0.1) is 17.3 Å². The zero-order valence-electron chi connectivity index (χ0n) is 7.31. The number of alkyl halides is 3. The molecule has 0 aromatic heterocycles. The second-order valence-corrected chi connectivity index (χ2v) is 3.03. The van der Waals surface area contributed by atoms with Gasteiger partial charge in [-0.1, -0.05) is 11.6 Å². The van der Waals surface area contributed by atoms with Gasteiger partial charge in [-0.05, 0) is 12.1 Å². The van der Waals surface area contributed by atoms with Crippen LogP contribution >= 0.6 is 11.6 Å². The lowest BCUT2D eigenvalue weighted by atomic mass is 10.2. The van der Waals surface area contributed by atoms with Gasteiger partial charge in [-0.25, -0.2) is 0 Å². The van der Waals surface area contributed by atoms with E-state index in [0.29, 0.717) is 0 Å². The minimum atomic E-state index is -4.83. The molecule has 3 nitrogen and oxygen atoms in total. The van der Waals surface area contributed by atoms with E-state index in [-0.39, 0.29) is 16.3 Å². The molecule has 0 aliphatic rings. The number of rotatable bonds is 2. The Kier molecular flexibility index (Phi) is 3.31. The molecule has 0 amide bonds. The van der Waals surface area contributed by atoms with Gasteiger partial charge in [0.15, 0.2) is 0 Å². The van der Waals surface area contributed by atoms with Gasteiger partial charge in [0, 0.05) is 5.56 Å². The fourth-order valence-electron chi connectivity index (χ4n) is 0.989. The summed E-state index contributed by atoms with van der Waals surface area (Å²) in [6, 6.07) is 2.17. The molecular formula is C8H7ClF3NO2. The molecule has 0 fully saturated rings. The molecule has 15 heavy (non-hydrogen) atoms. The van der Waals surface area contributed by atoms with Crippen LogP contribution in [0.5, 0.6) is 5.75 Å². The van der Waals surface area contributed by atoms with Crippen LogP contribution in [0.4, 0.5) is 18.9 Å². The molecule has 0 atom stereocenters. The number of nitrogen functional groups attached to an aromatic ring is 1. The third kappa shape index (κ3) is 2.90. The van der Waals surface area contributed by atoms with Crippen LogP contribution in [0.2, 0.25) is 5.02 Å². The average molecular weight is 242 g/mol. The van der Waals surface area contributed by atoms with Crippen LogP contribution in [-0.2, 0) is 6.61 Å². The van der Waals surface area contributed by atoms with Crippen molar-refractivity contribution in [3.05, 3.63) is 22.7 Å². The summed E-state index contributed by atoms with van der Waals surface area (Å²) in [6.45, 7) is -0.685. The van der Waals surface area contributed by atoms with Gasteiger partial charge in [0.1, 0.15) is 5.75 Å². The monoisotopic (exact) mass is 241 g/mol. The first-order chi connectivity index (χ1) is 6.85. The molecule has 1 aromatic carbocycles. The summed E-state index contributed by atoms with van der Waals surface area (Å²) in [5.41, 5.74) is 5.24. The van der Waals surface area contributed by atoms with Crippen molar-refractivity contribution >= 4 is 17.3 Å². The standard InChI is InChI=1S/C8H7ClF3NO2/c9-7-4(3-14)6(2-1-5(7)13)15-8(10,11)12/h1-2,14H,3,13H2. The normalized spacial score (nSPS) is 11.5. The Morgan fingerprint density at radius 2 is 2.00 bits per heavy atom. The highest BCUT2D eigenvalue weighted by atomic mass is 35.5. The highest BCUT2D eigenvalue weighted by Crippen LogP contribution is 2.34. The maximum atomic E-state index is 11.9. The fourth-order valence-corrected chi connectivity index (χ4v) is 1.21. The third-order valence-electron chi connectivity index (χ3n) is 1.61. The Bertz CT molecular complexity index is 368. The van der Waals surface area contributed by atoms with Crippen LogP contribution in [0, 0.1) is 0 Å². The van der Waals surface area contributed by atoms with Crippen molar-refractivity contribution in [1.82, 2.24) is 0 Å². The Hall–Kier alpha value is -1.14. The summed E-state index contributed by atoms with van der Waals surface area (Å²) in [5, 5.41) is 8.69. The number of anilines is 1. The molecule has 0 spiro atoms. The van der Waals surface area contributed by atoms with E-state index in [1.165, 1.54) is 6.07 Å². The van der Waals surface area contributed by atoms with E-state index in [1.807, 2.05) is 0 Å². The van der Waals surface area contributed by atoms with Crippen molar-refractivity contribution in [3.8, 4) is 5.75 Å². The Morgan fingerprint density at radius 3 is 2.47 bits per heavy atom. The van der Waals surface area contributed by atoms with Crippen molar-refractivity contribution in [2.24, 2.45) is 0 Å². The van der Waals surface area contributed by atoms with E-state index in [9.17, 15) is 13.2 Å². The third-order valence-corrected chi connectivity index (χ3v) is 2.06. The van der Waals surface area contributed by atoms with Crippen LogP contribution in [0.1, 0.15) is 5.56 Å². The topological polar surface area (TPSA) is 55.5 Å². The summed E-state index contributed by atoms with van der Waals surface area (Å²) < 4.78 is 39.4. The van der Waals surface area contributed by atoms with Gasteiger partial charge in [-0.2, -0.15) is 0 Å². The van der Waals surface area contributed by atoms with E-state index in [0.717, 1.165) is 6.07 Å². The Balaban J connectivity index is 3.14. The second-order valence-electron chi connectivity index (χ2n) is 2.65. The van der Waals surface area contributed by atoms with E-state index < -0.39 is 18.7 Å². The van der Waals surface area contributed by atoms with Gasteiger partial charge in [-0.15, -0.1) is 13.2 Å². The maximum Gasteiger partial charge on any atom is 0.573 e. The van der Waals surface area contributed by atoms with Gasteiger partial charge in [-0.3, -0.25) is 0 Å². The fraction of sp³-hybridized carbons (Fsp3) is 0.250. The largest absolute Gasteiger partial charge is 0.573 e. The van der Waals surface area contributed by atoms with Crippen LogP contribution in [0.3, 0.4) is 0 Å². The molecule has 0 heterocycles. The highest BCUT2D eigenvalue weighted by molar-refractivity contribution is 6.34. The Morgan fingerprint density at radius 1 is 1.40 bits per heavy atom. The van der Waals surface area contributed by atoms with Crippen LogP contribution in [0.15, 0.2) is 12.1 Å². The molecule has 1 rings (SSSR count). The summed E-state index contributed by atoms with van der Waals surface area (Å²) in [5.74, 6) is -0.552. The highest BCUT2D eigenvalue weighted by Gasteiger charge is 2.32.